The summed E-state index contributed by atoms with van der Waals surface area (Å²) in [6.07, 6.45) is 0.279. The minimum absolute atomic E-state index is 0. The average Bonchev–Trinajstić information content (AvgIpc) is 3.03. The van der Waals surface area contributed by atoms with Crippen LogP contribution >= 0.6 is 12.4 Å². The molecule has 0 bridgehead atoms. The average molecular weight is 365 g/mol. The molecule has 2 aliphatic rings. The highest BCUT2D eigenvalue weighted by molar-refractivity contribution is 5.85. The summed E-state index contributed by atoms with van der Waals surface area (Å²) in [5.41, 5.74) is 1.10. The Kier molecular flexibility index (Phi) is 6.78. The first kappa shape index (κ1) is 19.3. The second-order valence-electron chi connectivity index (χ2n) is 6.39. The number of halogens is 4. The summed E-state index contributed by atoms with van der Waals surface area (Å²) in [7, 11) is 0. The molecular formula is C17H24ClF3N2O. The predicted molar refractivity (Wildman–Crippen MR) is 89.5 cm³/mol. The standard InChI is InChI=1S/C17H23F3N2O.ClH/c18-17(19,20)23-15-7-5-14(6-8-15)16(13-3-1-2-4-13)22-11-9-21-10-12-22;/h5-8,13,16,21H,1-4,9-12H2;1H/t16-;/m0./s1. The van der Waals surface area contributed by atoms with Crippen LogP contribution in [0.5, 0.6) is 5.75 Å². The Morgan fingerprint density at radius 3 is 2.17 bits per heavy atom. The van der Waals surface area contributed by atoms with Crippen LogP contribution in [0, 0.1) is 5.92 Å². The lowest BCUT2D eigenvalue weighted by Crippen LogP contribution is -2.46. The first-order chi connectivity index (χ1) is 11.0. The second-order valence-corrected chi connectivity index (χ2v) is 6.39. The Balaban J connectivity index is 0.00000208. The number of nitrogens with zero attached hydrogens (tertiary/aromatic N) is 1. The lowest BCUT2D eigenvalue weighted by atomic mass is 9.89. The summed E-state index contributed by atoms with van der Waals surface area (Å²) in [5.74, 6) is 0.453. The molecule has 2 fully saturated rings. The number of piperazine rings is 1. The van der Waals surface area contributed by atoms with Gasteiger partial charge in [-0.25, -0.2) is 0 Å². The van der Waals surface area contributed by atoms with Gasteiger partial charge in [0.2, 0.25) is 0 Å². The van der Waals surface area contributed by atoms with E-state index in [1.54, 1.807) is 12.1 Å². The van der Waals surface area contributed by atoms with E-state index in [0.717, 1.165) is 31.7 Å². The lowest BCUT2D eigenvalue weighted by molar-refractivity contribution is -0.274. The molecule has 1 aliphatic carbocycles. The molecule has 0 spiro atoms. The lowest BCUT2D eigenvalue weighted by Gasteiger charge is -2.38. The summed E-state index contributed by atoms with van der Waals surface area (Å²) in [5, 5.41) is 3.36. The van der Waals surface area contributed by atoms with E-state index < -0.39 is 6.36 Å². The quantitative estimate of drug-likeness (QED) is 0.868. The van der Waals surface area contributed by atoms with Gasteiger partial charge in [0.1, 0.15) is 5.75 Å². The third-order valence-corrected chi connectivity index (χ3v) is 4.85. The van der Waals surface area contributed by atoms with E-state index in [9.17, 15) is 13.2 Å². The molecule has 0 unspecified atom stereocenters. The van der Waals surface area contributed by atoms with Gasteiger partial charge in [-0.3, -0.25) is 4.90 Å². The molecule has 1 aromatic rings. The number of nitrogens with one attached hydrogen (secondary N) is 1. The minimum Gasteiger partial charge on any atom is -0.406 e. The SMILES string of the molecule is Cl.FC(F)(F)Oc1ccc([C@H](C2CCCC2)N2CCNCC2)cc1. The van der Waals surface area contributed by atoms with E-state index in [1.165, 1.54) is 37.8 Å². The summed E-state index contributed by atoms with van der Waals surface area (Å²) in [6, 6.07) is 6.78. The van der Waals surface area contributed by atoms with Crippen LogP contribution < -0.4 is 10.1 Å². The maximum Gasteiger partial charge on any atom is 0.573 e. The molecule has 1 aromatic carbocycles. The molecule has 1 saturated carbocycles. The van der Waals surface area contributed by atoms with E-state index >= 15 is 0 Å². The smallest absolute Gasteiger partial charge is 0.406 e. The van der Waals surface area contributed by atoms with E-state index in [1.807, 2.05) is 0 Å². The number of hydrogen-bond donors (Lipinski definition) is 1. The normalized spacial score (nSPS) is 21.3. The van der Waals surface area contributed by atoms with Crippen LogP contribution in [0.4, 0.5) is 13.2 Å². The molecule has 3 rings (SSSR count). The van der Waals surface area contributed by atoms with Crippen molar-refractivity contribution in [3.05, 3.63) is 29.8 Å². The first-order valence-corrected chi connectivity index (χ1v) is 8.33. The van der Waals surface area contributed by atoms with Crippen LogP contribution in [0.25, 0.3) is 0 Å². The molecule has 7 heteroatoms. The second kappa shape index (κ2) is 8.41. The van der Waals surface area contributed by atoms with Gasteiger partial charge in [0.25, 0.3) is 0 Å². The molecule has 0 aromatic heterocycles. The van der Waals surface area contributed by atoms with Crippen molar-refractivity contribution in [2.24, 2.45) is 5.92 Å². The Morgan fingerprint density at radius 1 is 1.04 bits per heavy atom. The molecule has 0 amide bonds. The zero-order valence-corrected chi connectivity index (χ0v) is 14.3. The molecule has 1 heterocycles. The number of ether oxygens (including phenoxy) is 1. The number of alkyl halides is 3. The molecule has 3 nitrogen and oxygen atoms in total. The number of hydrogen-bond acceptors (Lipinski definition) is 3. The van der Waals surface area contributed by atoms with Crippen molar-refractivity contribution >= 4 is 12.4 Å². The largest absolute Gasteiger partial charge is 0.573 e. The van der Waals surface area contributed by atoms with Crippen LogP contribution in [0.15, 0.2) is 24.3 Å². The van der Waals surface area contributed by atoms with E-state index in [4.69, 9.17) is 0 Å². The maximum absolute atomic E-state index is 12.3. The van der Waals surface area contributed by atoms with Gasteiger partial charge in [-0.1, -0.05) is 25.0 Å². The van der Waals surface area contributed by atoms with Crippen molar-refractivity contribution in [2.45, 2.75) is 38.1 Å². The van der Waals surface area contributed by atoms with Crippen molar-refractivity contribution in [2.75, 3.05) is 26.2 Å². The summed E-state index contributed by atoms with van der Waals surface area (Å²) in [6.45, 7) is 3.92. The van der Waals surface area contributed by atoms with Gasteiger partial charge in [0.15, 0.2) is 0 Å². The van der Waals surface area contributed by atoms with Gasteiger partial charge in [0.05, 0.1) is 0 Å². The van der Waals surface area contributed by atoms with Gasteiger partial charge >= 0.3 is 6.36 Å². The third-order valence-electron chi connectivity index (χ3n) is 4.85. The van der Waals surface area contributed by atoms with Gasteiger partial charge in [-0.2, -0.15) is 0 Å². The van der Waals surface area contributed by atoms with Crippen molar-refractivity contribution < 1.29 is 17.9 Å². The summed E-state index contributed by atoms with van der Waals surface area (Å²) >= 11 is 0. The van der Waals surface area contributed by atoms with Crippen LogP contribution in [0.2, 0.25) is 0 Å². The van der Waals surface area contributed by atoms with Crippen LogP contribution in [0.3, 0.4) is 0 Å². The van der Waals surface area contributed by atoms with Gasteiger partial charge in [0, 0.05) is 32.2 Å². The number of benzene rings is 1. The maximum atomic E-state index is 12.3. The Bertz CT molecular complexity index is 498. The summed E-state index contributed by atoms with van der Waals surface area (Å²) < 4.78 is 40.9. The molecule has 1 aliphatic heterocycles. The third kappa shape index (κ3) is 5.01. The predicted octanol–water partition coefficient (Wildman–Crippen LogP) is 4.14. The van der Waals surface area contributed by atoms with Crippen molar-refractivity contribution in [3.63, 3.8) is 0 Å². The van der Waals surface area contributed by atoms with Gasteiger partial charge in [-0.05, 0) is 36.5 Å². The van der Waals surface area contributed by atoms with Crippen LogP contribution in [-0.4, -0.2) is 37.4 Å². The minimum atomic E-state index is -4.63. The Morgan fingerprint density at radius 2 is 1.62 bits per heavy atom. The highest BCUT2D eigenvalue weighted by Crippen LogP contribution is 2.40. The molecule has 1 atom stereocenters. The van der Waals surface area contributed by atoms with Gasteiger partial charge < -0.3 is 10.1 Å². The first-order valence-electron chi connectivity index (χ1n) is 8.33. The van der Waals surface area contributed by atoms with Crippen molar-refractivity contribution in [3.8, 4) is 5.75 Å². The fraction of sp³-hybridized carbons (Fsp3) is 0.647. The topological polar surface area (TPSA) is 24.5 Å². The fourth-order valence-electron chi connectivity index (χ4n) is 3.88. The fourth-order valence-corrected chi connectivity index (χ4v) is 3.88. The highest BCUT2D eigenvalue weighted by Gasteiger charge is 2.33. The molecule has 24 heavy (non-hydrogen) atoms. The molecular weight excluding hydrogens is 341 g/mol. The van der Waals surface area contributed by atoms with Crippen molar-refractivity contribution in [1.82, 2.24) is 10.2 Å². The van der Waals surface area contributed by atoms with Crippen LogP contribution in [-0.2, 0) is 0 Å². The number of rotatable bonds is 4. The molecule has 1 N–H and O–H groups in total. The molecule has 136 valence electrons. The van der Waals surface area contributed by atoms with Crippen LogP contribution in [0.1, 0.15) is 37.3 Å². The summed E-state index contributed by atoms with van der Waals surface area (Å²) in [4.78, 5) is 2.48. The van der Waals surface area contributed by atoms with E-state index in [-0.39, 0.29) is 18.2 Å². The molecule has 1 saturated heterocycles. The Labute approximate surface area is 147 Å². The highest BCUT2D eigenvalue weighted by atomic mass is 35.5. The Hall–Kier alpha value is -0.980. The molecule has 0 radical (unpaired) electrons. The van der Waals surface area contributed by atoms with E-state index in [0.29, 0.717) is 12.0 Å². The zero-order valence-electron chi connectivity index (χ0n) is 13.5. The van der Waals surface area contributed by atoms with E-state index in [2.05, 4.69) is 15.0 Å². The van der Waals surface area contributed by atoms with Gasteiger partial charge in [-0.15, -0.1) is 25.6 Å². The zero-order chi connectivity index (χ0) is 16.3. The monoisotopic (exact) mass is 364 g/mol. The van der Waals surface area contributed by atoms with Crippen molar-refractivity contribution in [1.29, 1.82) is 0 Å².